The van der Waals surface area contributed by atoms with Gasteiger partial charge in [0.2, 0.25) is 0 Å². The van der Waals surface area contributed by atoms with Crippen LogP contribution in [-0.4, -0.2) is 22.4 Å². The van der Waals surface area contributed by atoms with Crippen molar-refractivity contribution in [3.8, 4) is 0 Å². The van der Waals surface area contributed by atoms with Gasteiger partial charge in [-0.05, 0) is 51.6 Å². The van der Waals surface area contributed by atoms with Crippen molar-refractivity contribution >= 4 is 0 Å². The summed E-state index contributed by atoms with van der Waals surface area (Å²) in [5, 5.41) is 8.19. The number of nitrogens with one attached hydrogen (secondary N) is 1. The summed E-state index contributed by atoms with van der Waals surface area (Å²) in [5.74, 6) is 0. The van der Waals surface area contributed by atoms with Gasteiger partial charge in [-0.2, -0.15) is 5.10 Å². The minimum atomic E-state index is 0.631. The van der Waals surface area contributed by atoms with Gasteiger partial charge >= 0.3 is 0 Å². The number of hydrogen-bond acceptors (Lipinski definition) is 2. The lowest BCUT2D eigenvalue weighted by Crippen LogP contribution is -2.25. The highest BCUT2D eigenvalue weighted by Crippen LogP contribution is 2.28. The van der Waals surface area contributed by atoms with E-state index in [0.717, 1.165) is 13.0 Å². The fraction of sp³-hybridized carbons (Fsp3) is 0.800. The number of rotatable bonds is 7. The molecule has 1 aliphatic rings. The molecule has 2 rings (SSSR count). The van der Waals surface area contributed by atoms with Gasteiger partial charge in [-0.3, -0.25) is 4.68 Å². The minimum Gasteiger partial charge on any atom is -0.315 e. The van der Waals surface area contributed by atoms with Crippen molar-refractivity contribution in [2.24, 2.45) is 0 Å². The van der Waals surface area contributed by atoms with Crippen LogP contribution >= 0.6 is 0 Å². The molecule has 0 bridgehead atoms. The van der Waals surface area contributed by atoms with Crippen LogP contribution in [0.25, 0.3) is 0 Å². The number of aromatic nitrogens is 2. The first-order chi connectivity index (χ1) is 8.79. The SMILES string of the molecule is CCNC(C)CCCc1ccn(C2CCCC2)n1. The van der Waals surface area contributed by atoms with Crippen LogP contribution in [-0.2, 0) is 6.42 Å². The summed E-state index contributed by atoms with van der Waals surface area (Å²) in [7, 11) is 0. The summed E-state index contributed by atoms with van der Waals surface area (Å²) in [6.07, 6.45) is 11.2. The quantitative estimate of drug-likeness (QED) is 0.803. The normalized spacial score (nSPS) is 18.3. The molecule has 1 N–H and O–H groups in total. The number of aryl methyl sites for hydroxylation is 1. The highest BCUT2D eigenvalue weighted by atomic mass is 15.3. The molecule has 0 aliphatic heterocycles. The predicted molar refractivity (Wildman–Crippen MR) is 75.8 cm³/mol. The molecule has 1 aliphatic carbocycles. The first-order valence-corrected chi connectivity index (χ1v) is 7.57. The Bertz CT molecular complexity index is 339. The number of hydrogen-bond donors (Lipinski definition) is 1. The van der Waals surface area contributed by atoms with E-state index >= 15 is 0 Å². The van der Waals surface area contributed by atoms with Gasteiger partial charge in [0.1, 0.15) is 0 Å². The molecule has 1 heterocycles. The summed E-state index contributed by atoms with van der Waals surface area (Å²) in [6.45, 7) is 5.50. The number of nitrogens with zero attached hydrogens (tertiary/aromatic N) is 2. The van der Waals surface area contributed by atoms with Crippen molar-refractivity contribution in [3.05, 3.63) is 18.0 Å². The maximum Gasteiger partial charge on any atom is 0.0624 e. The van der Waals surface area contributed by atoms with Crippen LogP contribution in [0.2, 0.25) is 0 Å². The van der Waals surface area contributed by atoms with Crippen LogP contribution in [0, 0.1) is 0 Å². The Morgan fingerprint density at radius 1 is 1.44 bits per heavy atom. The maximum absolute atomic E-state index is 4.73. The maximum atomic E-state index is 4.73. The lowest BCUT2D eigenvalue weighted by Gasteiger charge is -2.11. The molecule has 0 saturated heterocycles. The zero-order valence-corrected chi connectivity index (χ0v) is 11.9. The molecule has 1 fully saturated rings. The van der Waals surface area contributed by atoms with Crippen LogP contribution in [0.5, 0.6) is 0 Å². The molecule has 1 unspecified atom stereocenters. The molecular formula is C15H27N3. The molecule has 0 spiro atoms. The smallest absolute Gasteiger partial charge is 0.0624 e. The minimum absolute atomic E-state index is 0.631. The average Bonchev–Trinajstić information content (AvgIpc) is 2.99. The van der Waals surface area contributed by atoms with Gasteiger partial charge in [-0.15, -0.1) is 0 Å². The standard InChI is InChI=1S/C15H27N3/c1-3-16-13(2)7-6-8-14-11-12-18(17-14)15-9-4-5-10-15/h11-13,15-16H,3-10H2,1-2H3. The Labute approximate surface area is 111 Å². The van der Waals surface area contributed by atoms with E-state index in [1.807, 2.05) is 0 Å². The Kier molecular flexibility index (Phi) is 5.24. The topological polar surface area (TPSA) is 29.9 Å². The molecule has 0 radical (unpaired) electrons. The average molecular weight is 249 g/mol. The molecule has 3 nitrogen and oxygen atoms in total. The van der Waals surface area contributed by atoms with E-state index in [-0.39, 0.29) is 0 Å². The van der Waals surface area contributed by atoms with Crippen LogP contribution in [0.3, 0.4) is 0 Å². The van der Waals surface area contributed by atoms with E-state index in [9.17, 15) is 0 Å². The van der Waals surface area contributed by atoms with Gasteiger partial charge in [0.15, 0.2) is 0 Å². The largest absolute Gasteiger partial charge is 0.315 e. The van der Waals surface area contributed by atoms with Gasteiger partial charge < -0.3 is 5.32 Å². The highest BCUT2D eigenvalue weighted by molar-refractivity contribution is 5.00. The van der Waals surface area contributed by atoms with Crippen molar-refractivity contribution < 1.29 is 0 Å². The molecule has 1 saturated carbocycles. The van der Waals surface area contributed by atoms with Crippen LogP contribution in [0.15, 0.2) is 12.3 Å². The molecule has 0 amide bonds. The lowest BCUT2D eigenvalue weighted by atomic mass is 10.1. The Hall–Kier alpha value is -0.830. The van der Waals surface area contributed by atoms with Gasteiger partial charge in [-0.25, -0.2) is 0 Å². The first-order valence-electron chi connectivity index (χ1n) is 7.57. The van der Waals surface area contributed by atoms with Crippen LogP contribution in [0.4, 0.5) is 0 Å². The summed E-state index contributed by atoms with van der Waals surface area (Å²) >= 11 is 0. The van der Waals surface area contributed by atoms with E-state index < -0.39 is 0 Å². The van der Waals surface area contributed by atoms with E-state index in [1.165, 1.54) is 44.2 Å². The second-order valence-electron chi connectivity index (χ2n) is 5.58. The third-order valence-corrected chi connectivity index (χ3v) is 3.99. The molecule has 18 heavy (non-hydrogen) atoms. The molecule has 1 aromatic rings. The first kappa shape index (κ1) is 13.6. The zero-order chi connectivity index (χ0) is 12.8. The molecule has 1 aromatic heterocycles. The van der Waals surface area contributed by atoms with E-state index in [1.54, 1.807) is 0 Å². The fourth-order valence-corrected chi connectivity index (χ4v) is 2.92. The van der Waals surface area contributed by atoms with Crippen molar-refractivity contribution in [1.29, 1.82) is 0 Å². The van der Waals surface area contributed by atoms with Gasteiger partial charge in [-0.1, -0.05) is 19.8 Å². The molecule has 3 heteroatoms. The van der Waals surface area contributed by atoms with Crippen molar-refractivity contribution in [2.45, 2.75) is 70.9 Å². The molecule has 0 aromatic carbocycles. The zero-order valence-electron chi connectivity index (χ0n) is 11.9. The van der Waals surface area contributed by atoms with Crippen LogP contribution < -0.4 is 5.32 Å². The fourth-order valence-electron chi connectivity index (χ4n) is 2.92. The molecule has 102 valence electrons. The van der Waals surface area contributed by atoms with Crippen molar-refractivity contribution in [2.75, 3.05) is 6.54 Å². The Morgan fingerprint density at radius 3 is 2.94 bits per heavy atom. The van der Waals surface area contributed by atoms with Gasteiger partial charge in [0.05, 0.1) is 11.7 Å². The second kappa shape index (κ2) is 6.93. The lowest BCUT2D eigenvalue weighted by molar-refractivity contribution is 0.460. The Balaban J connectivity index is 1.73. The monoisotopic (exact) mass is 249 g/mol. The third-order valence-electron chi connectivity index (χ3n) is 3.99. The van der Waals surface area contributed by atoms with E-state index in [4.69, 9.17) is 5.10 Å². The van der Waals surface area contributed by atoms with Crippen LogP contribution in [0.1, 0.15) is 64.1 Å². The van der Waals surface area contributed by atoms with Crippen molar-refractivity contribution in [3.63, 3.8) is 0 Å². The third kappa shape index (κ3) is 3.84. The van der Waals surface area contributed by atoms with E-state index in [0.29, 0.717) is 12.1 Å². The highest BCUT2D eigenvalue weighted by Gasteiger charge is 2.17. The van der Waals surface area contributed by atoms with Crippen molar-refractivity contribution in [1.82, 2.24) is 15.1 Å². The molecular weight excluding hydrogens is 222 g/mol. The molecule has 1 atom stereocenters. The van der Waals surface area contributed by atoms with Gasteiger partial charge in [0, 0.05) is 12.2 Å². The summed E-state index contributed by atoms with van der Waals surface area (Å²) in [5.41, 5.74) is 1.27. The van der Waals surface area contributed by atoms with E-state index in [2.05, 4.69) is 36.1 Å². The predicted octanol–water partition coefficient (Wildman–Crippen LogP) is 3.32. The summed E-state index contributed by atoms with van der Waals surface area (Å²) < 4.78 is 2.20. The van der Waals surface area contributed by atoms with Gasteiger partial charge in [0.25, 0.3) is 0 Å². The second-order valence-corrected chi connectivity index (χ2v) is 5.58. The summed E-state index contributed by atoms with van der Waals surface area (Å²) in [6, 6.07) is 3.52. The Morgan fingerprint density at radius 2 is 2.22 bits per heavy atom. The summed E-state index contributed by atoms with van der Waals surface area (Å²) in [4.78, 5) is 0.